The third-order valence-corrected chi connectivity index (χ3v) is 15.1. The molecule has 30 nitrogen and oxygen atoms in total. The fourth-order valence-corrected chi connectivity index (χ4v) is 10.3. The SMILES string of the molecule is CN(C)CCCNC(=O)c1cc(NC(=O)c2cc(NC(=O)c3cc(NC(=O)CCCCC(=O)NO)cn3C)cn2CCCCCCCn2cc(NC(=O)c3cc(NC(=O)CCCCC(=O)NO)cn3C)cc2C(=O)Nc2cc(C(=O)NCCCN(C)C)n(C)c2)cn1C. The molecule has 12 N–H and O–H groups in total. The third-order valence-electron chi connectivity index (χ3n) is 15.1. The lowest BCUT2D eigenvalue weighted by molar-refractivity contribution is -0.130. The van der Waals surface area contributed by atoms with Crippen molar-refractivity contribution >= 4 is 93.2 Å². The van der Waals surface area contributed by atoms with Crippen LogP contribution in [0, 0.1) is 0 Å². The van der Waals surface area contributed by atoms with Crippen LogP contribution < -0.4 is 53.5 Å². The Morgan fingerprint density at radius 2 is 0.602 bits per heavy atom. The van der Waals surface area contributed by atoms with Crippen molar-refractivity contribution in [1.82, 2.24) is 58.8 Å². The summed E-state index contributed by atoms with van der Waals surface area (Å²) in [5, 5.41) is 40.4. The fourth-order valence-electron chi connectivity index (χ4n) is 10.3. The fraction of sp³-hybridized carbons (Fsp3) is 0.460. The average molecular weight is 1290 g/mol. The first kappa shape index (κ1) is 72.3. The number of hydrogen-bond acceptors (Lipinski definition) is 14. The first-order valence-electron chi connectivity index (χ1n) is 31.0. The van der Waals surface area contributed by atoms with E-state index in [1.165, 1.54) is 12.1 Å². The van der Waals surface area contributed by atoms with Crippen molar-refractivity contribution in [2.45, 2.75) is 109 Å². The predicted molar refractivity (Wildman–Crippen MR) is 350 cm³/mol. The molecule has 0 saturated heterocycles. The highest BCUT2D eigenvalue weighted by Crippen LogP contribution is 2.25. The van der Waals surface area contributed by atoms with E-state index in [-0.39, 0.29) is 72.1 Å². The minimum absolute atomic E-state index is 0.0664. The number of aryl methyl sites for hydroxylation is 6. The van der Waals surface area contributed by atoms with Crippen molar-refractivity contribution in [3.8, 4) is 0 Å². The molecule has 30 heteroatoms. The minimum atomic E-state index is -0.543. The number of carbonyl (C=O) groups excluding carboxylic acids is 10. The lowest BCUT2D eigenvalue weighted by atomic mass is 10.1. The number of hydroxylamine groups is 2. The molecule has 0 saturated carbocycles. The Balaban J connectivity index is 1.13. The zero-order valence-corrected chi connectivity index (χ0v) is 54.3. The summed E-state index contributed by atoms with van der Waals surface area (Å²) < 4.78 is 9.87. The number of amides is 10. The molecular formula is C63H90N18O12. The molecule has 6 rings (SSSR count). The van der Waals surface area contributed by atoms with Gasteiger partial charge in [0.1, 0.15) is 34.2 Å². The van der Waals surface area contributed by atoms with Gasteiger partial charge in [0, 0.05) is 117 Å². The van der Waals surface area contributed by atoms with E-state index < -0.39 is 35.4 Å². The molecule has 6 heterocycles. The summed E-state index contributed by atoms with van der Waals surface area (Å²) in [6.07, 6.45) is 16.7. The van der Waals surface area contributed by atoms with Gasteiger partial charge in [-0.15, -0.1) is 0 Å². The molecule has 0 aliphatic rings. The number of nitrogens with zero attached hydrogens (tertiary/aromatic N) is 8. The number of hydrogen-bond donors (Lipinski definition) is 12. The van der Waals surface area contributed by atoms with Crippen molar-refractivity contribution in [2.75, 3.05) is 86.3 Å². The summed E-state index contributed by atoms with van der Waals surface area (Å²) in [7, 11) is 14.5. The second-order valence-electron chi connectivity index (χ2n) is 23.5. The number of aromatic nitrogens is 6. The molecule has 0 atom stereocenters. The molecule has 0 aliphatic carbocycles. The van der Waals surface area contributed by atoms with Crippen molar-refractivity contribution in [1.29, 1.82) is 0 Å². The van der Waals surface area contributed by atoms with Gasteiger partial charge in [0.05, 0.1) is 34.1 Å². The molecule has 504 valence electrons. The molecule has 93 heavy (non-hydrogen) atoms. The van der Waals surface area contributed by atoms with Gasteiger partial charge in [-0.1, -0.05) is 19.3 Å². The van der Waals surface area contributed by atoms with Crippen LogP contribution in [-0.4, -0.2) is 161 Å². The van der Waals surface area contributed by atoms with Gasteiger partial charge in [0.25, 0.3) is 35.4 Å². The second-order valence-corrected chi connectivity index (χ2v) is 23.5. The van der Waals surface area contributed by atoms with Gasteiger partial charge in [0.2, 0.25) is 23.6 Å². The van der Waals surface area contributed by atoms with E-state index in [2.05, 4.69) is 42.5 Å². The largest absolute Gasteiger partial charge is 0.351 e. The average Bonchev–Trinajstić information content (AvgIpc) is 1.70. The molecule has 0 bridgehead atoms. The number of anilines is 6. The first-order valence-corrected chi connectivity index (χ1v) is 31.0. The summed E-state index contributed by atoms with van der Waals surface area (Å²) in [6.45, 7) is 3.30. The molecule has 0 radical (unpaired) electrons. The van der Waals surface area contributed by atoms with Gasteiger partial charge in [-0.05, 0) is 129 Å². The Morgan fingerprint density at radius 3 is 0.925 bits per heavy atom. The van der Waals surface area contributed by atoms with Crippen LogP contribution in [0.25, 0.3) is 0 Å². The van der Waals surface area contributed by atoms with Gasteiger partial charge in [-0.25, -0.2) is 11.0 Å². The number of nitrogens with one attached hydrogen (secondary N) is 10. The number of carbonyl (C=O) groups is 10. The maximum atomic E-state index is 14.2. The van der Waals surface area contributed by atoms with Gasteiger partial charge in [0.15, 0.2) is 0 Å². The Morgan fingerprint density at radius 1 is 0.333 bits per heavy atom. The standard InChI is InChI=1S/C63H90N18O12/c1-74(2)26-18-24-64-58(86)48-32-44(38-76(48)5)68-62(90)52-34-46(70-60(88)50-30-42(36-78(50)7)66-54(82)20-12-14-22-56(84)72-92)40-80(52)28-16-10-9-11-17-29-81-41-47(71-61(89)51-31-43(37-79(51)8)67-55(83)21-13-15-23-57(85)73-93)35-53(81)63(91)69-45-33-49(77(6)39-45)59(87)65-25-19-27-75(3)4/h30-41,92-93H,9-29H2,1-8H3,(H,64,86)(H,65,87)(H,66,82)(H,67,83)(H,68,90)(H,69,91)(H,70,88)(H,71,89)(H,72,84)(H,73,85). The Kier molecular flexibility index (Phi) is 27.8. The highest BCUT2D eigenvalue weighted by Gasteiger charge is 2.23. The van der Waals surface area contributed by atoms with E-state index in [0.717, 1.165) is 45.2 Å². The van der Waals surface area contributed by atoms with Crippen LogP contribution in [0.3, 0.4) is 0 Å². The van der Waals surface area contributed by atoms with Crippen LogP contribution in [0.2, 0.25) is 0 Å². The summed E-state index contributed by atoms with van der Waals surface area (Å²) in [5.41, 5.74) is 6.94. The minimum Gasteiger partial charge on any atom is -0.351 e. The maximum absolute atomic E-state index is 14.2. The van der Waals surface area contributed by atoms with Crippen LogP contribution in [0.4, 0.5) is 34.1 Å². The van der Waals surface area contributed by atoms with Crippen molar-refractivity contribution in [3.05, 3.63) is 108 Å². The van der Waals surface area contributed by atoms with Crippen LogP contribution in [0.5, 0.6) is 0 Å². The second kappa shape index (κ2) is 35.7. The lowest BCUT2D eigenvalue weighted by Crippen LogP contribution is -2.28. The summed E-state index contributed by atoms with van der Waals surface area (Å²) in [4.78, 5) is 134. The summed E-state index contributed by atoms with van der Waals surface area (Å²) in [6, 6.07) is 9.36. The quantitative estimate of drug-likeness (QED) is 0.0126. The lowest BCUT2D eigenvalue weighted by Gasteiger charge is -2.10. The van der Waals surface area contributed by atoms with E-state index in [1.54, 1.807) is 128 Å². The third kappa shape index (κ3) is 22.8. The summed E-state index contributed by atoms with van der Waals surface area (Å²) in [5.74, 6) is -4.29. The molecule has 0 aromatic carbocycles. The highest BCUT2D eigenvalue weighted by atomic mass is 16.5. The highest BCUT2D eigenvalue weighted by molar-refractivity contribution is 6.09. The molecule has 6 aromatic heterocycles. The Labute approximate surface area is 540 Å². The normalized spacial score (nSPS) is 11.1. The van der Waals surface area contributed by atoms with E-state index in [4.69, 9.17) is 10.4 Å². The van der Waals surface area contributed by atoms with Crippen molar-refractivity contribution < 1.29 is 58.4 Å². The van der Waals surface area contributed by atoms with E-state index in [9.17, 15) is 47.9 Å². The first-order chi connectivity index (χ1) is 44.4. The maximum Gasteiger partial charge on any atom is 0.272 e. The zero-order valence-electron chi connectivity index (χ0n) is 54.3. The van der Waals surface area contributed by atoms with Crippen LogP contribution in [0.1, 0.15) is 159 Å². The van der Waals surface area contributed by atoms with Crippen LogP contribution in [-0.2, 0) is 60.5 Å². The van der Waals surface area contributed by atoms with Crippen molar-refractivity contribution in [3.63, 3.8) is 0 Å². The summed E-state index contributed by atoms with van der Waals surface area (Å²) >= 11 is 0. The van der Waals surface area contributed by atoms with E-state index in [1.807, 2.05) is 38.0 Å². The van der Waals surface area contributed by atoms with Gasteiger partial charge in [-0.2, -0.15) is 0 Å². The number of unbranched alkanes of at least 4 members (excludes halogenated alkanes) is 6. The van der Waals surface area contributed by atoms with Gasteiger partial charge < -0.3 is 79.7 Å². The smallest absolute Gasteiger partial charge is 0.272 e. The number of rotatable bonds is 38. The van der Waals surface area contributed by atoms with E-state index >= 15 is 0 Å². The van der Waals surface area contributed by atoms with E-state index in [0.29, 0.717) is 110 Å². The zero-order chi connectivity index (χ0) is 67.7. The van der Waals surface area contributed by atoms with Crippen LogP contribution >= 0.6 is 0 Å². The Bertz CT molecular complexity index is 3350. The van der Waals surface area contributed by atoms with Crippen molar-refractivity contribution in [2.24, 2.45) is 28.2 Å². The monoisotopic (exact) mass is 1290 g/mol. The molecule has 0 fully saturated rings. The molecule has 0 aliphatic heterocycles. The molecular weight excluding hydrogens is 1200 g/mol. The Hall–Kier alpha value is -9.78. The van der Waals surface area contributed by atoms with Gasteiger partial charge in [-0.3, -0.25) is 58.4 Å². The molecule has 0 unspecified atom stereocenters. The molecule has 6 aromatic rings. The van der Waals surface area contributed by atoms with Crippen LogP contribution in [0.15, 0.2) is 73.6 Å². The topological polar surface area (TPSA) is 368 Å². The predicted octanol–water partition coefficient (Wildman–Crippen LogP) is 5.68. The van der Waals surface area contributed by atoms with Gasteiger partial charge >= 0.3 is 0 Å². The molecule has 10 amide bonds. The molecule has 0 spiro atoms.